The van der Waals surface area contributed by atoms with Gasteiger partial charge >= 0.3 is 0 Å². The van der Waals surface area contributed by atoms with Gasteiger partial charge in [-0.15, -0.1) is 0 Å². The third-order valence-corrected chi connectivity index (χ3v) is 5.53. The zero-order valence-corrected chi connectivity index (χ0v) is 19.0. The van der Waals surface area contributed by atoms with Crippen LogP contribution in [0.3, 0.4) is 0 Å². The molecule has 0 saturated carbocycles. The van der Waals surface area contributed by atoms with Gasteiger partial charge in [0.25, 0.3) is 0 Å². The summed E-state index contributed by atoms with van der Waals surface area (Å²) in [4.78, 5) is 0. The fourth-order valence-corrected chi connectivity index (χ4v) is 3.50. The first kappa shape index (κ1) is 25.9. The van der Waals surface area contributed by atoms with E-state index < -0.39 is 6.10 Å². The van der Waals surface area contributed by atoms with E-state index in [0.717, 1.165) is 31.4 Å². The molecule has 0 spiro atoms. The summed E-state index contributed by atoms with van der Waals surface area (Å²) in [6.45, 7) is 3.00. The average Bonchev–Trinajstić information content (AvgIpc) is 2.76. The molecule has 4 N–H and O–H groups in total. The van der Waals surface area contributed by atoms with Gasteiger partial charge in [0, 0.05) is 34.3 Å². The van der Waals surface area contributed by atoms with Crippen LogP contribution in [0.5, 0.6) is 5.75 Å². The van der Waals surface area contributed by atoms with Gasteiger partial charge in [0.1, 0.15) is 5.75 Å². The van der Waals surface area contributed by atoms with Crippen LogP contribution in [-0.2, 0) is 22.7 Å². The molecular formula is C23H31Cl2NO5. The smallest absolute Gasteiger partial charge is 0.121 e. The molecule has 0 aliphatic carbocycles. The Balaban J connectivity index is 1.44. The quantitative estimate of drug-likeness (QED) is 0.290. The van der Waals surface area contributed by atoms with Gasteiger partial charge in [-0.25, -0.2) is 0 Å². The Labute approximate surface area is 193 Å². The van der Waals surface area contributed by atoms with Gasteiger partial charge in [-0.1, -0.05) is 35.3 Å². The molecule has 0 heterocycles. The molecule has 0 aliphatic heterocycles. The summed E-state index contributed by atoms with van der Waals surface area (Å²) in [5.74, 6) is 0.0326. The van der Waals surface area contributed by atoms with Gasteiger partial charge in [-0.3, -0.25) is 0 Å². The first-order chi connectivity index (χ1) is 15.0. The second kappa shape index (κ2) is 14.6. The summed E-state index contributed by atoms with van der Waals surface area (Å²) >= 11 is 12.2. The summed E-state index contributed by atoms with van der Waals surface area (Å²) in [7, 11) is 0. The number of unbranched alkanes of at least 4 members (excludes halogenated alkanes) is 2. The van der Waals surface area contributed by atoms with Crippen molar-refractivity contribution in [3.63, 3.8) is 0 Å². The van der Waals surface area contributed by atoms with Crippen molar-refractivity contribution in [2.24, 2.45) is 0 Å². The minimum absolute atomic E-state index is 0.0326. The third-order valence-electron chi connectivity index (χ3n) is 4.82. The molecule has 2 aromatic rings. The molecule has 31 heavy (non-hydrogen) atoms. The number of halogens is 2. The number of nitrogens with one attached hydrogen (secondary N) is 1. The van der Waals surface area contributed by atoms with Crippen LogP contribution in [0.2, 0.25) is 10.0 Å². The molecular weight excluding hydrogens is 441 g/mol. The van der Waals surface area contributed by atoms with E-state index in [2.05, 4.69) is 5.32 Å². The Hall–Kier alpha value is -1.38. The topological polar surface area (TPSA) is 91.2 Å². The van der Waals surface area contributed by atoms with Gasteiger partial charge in [0.05, 0.1) is 32.5 Å². The van der Waals surface area contributed by atoms with Crippen LogP contribution < -0.4 is 5.32 Å². The van der Waals surface area contributed by atoms with E-state index in [1.165, 1.54) is 6.07 Å². The average molecular weight is 472 g/mol. The molecule has 0 saturated heterocycles. The predicted molar refractivity (Wildman–Crippen MR) is 123 cm³/mol. The number of phenols is 1. The highest BCUT2D eigenvalue weighted by molar-refractivity contribution is 6.35. The summed E-state index contributed by atoms with van der Waals surface area (Å²) in [5, 5.41) is 33.4. The Morgan fingerprint density at radius 2 is 1.68 bits per heavy atom. The largest absolute Gasteiger partial charge is 0.508 e. The molecule has 0 amide bonds. The van der Waals surface area contributed by atoms with Crippen LogP contribution in [0, 0.1) is 0 Å². The first-order valence-electron chi connectivity index (χ1n) is 10.4. The van der Waals surface area contributed by atoms with Crippen molar-refractivity contribution in [1.82, 2.24) is 5.32 Å². The molecule has 0 radical (unpaired) electrons. The first-order valence-corrected chi connectivity index (χ1v) is 11.2. The number of rotatable bonds is 15. The van der Waals surface area contributed by atoms with Gasteiger partial charge in [0.15, 0.2) is 0 Å². The van der Waals surface area contributed by atoms with E-state index in [1.54, 1.807) is 30.3 Å². The highest BCUT2D eigenvalue weighted by Gasteiger charge is 2.10. The number of aromatic hydroxyl groups is 1. The van der Waals surface area contributed by atoms with Crippen LogP contribution in [0.4, 0.5) is 0 Å². The van der Waals surface area contributed by atoms with Crippen LogP contribution in [0.1, 0.15) is 42.1 Å². The van der Waals surface area contributed by atoms with E-state index in [0.29, 0.717) is 54.1 Å². The summed E-state index contributed by atoms with van der Waals surface area (Å²) in [6.07, 6.45) is 2.27. The number of benzene rings is 2. The second-order valence-electron chi connectivity index (χ2n) is 7.19. The Kier molecular flexibility index (Phi) is 12.2. The lowest BCUT2D eigenvalue weighted by Crippen LogP contribution is -2.22. The SMILES string of the molecule is OCc1cc(C(O)CNCCCCCOCCOCc2c(Cl)cccc2Cl)ccc1O. The van der Waals surface area contributed by atoms with Crippen molar-refractivity contribution in [2.75, 3.05) is 32.9 Å². The zero-order valence-electron chi connectivity index (χ0n) is 17.5. The number of hydrogen-bond acceptors (Lipinski definition) is 6. The van der Waals surface area contributed by atoms with E-state index in [4.69, 9.17) is 32.7 Å². The standard InChI is InChI=1S/C23H31Cl2NO5/c24-20-5-4-6-21(25)19(20)16-31-12-11-30-10-3-1-2-9-26-14-23(29)17-7-8-22(28)18(13-17)15-27/h4-8,13,23,26-29H,1-3,9-12,14-16H2. The van der Waals surface area contributed by atoms with Gasteiger partial charge < -0.3 is 30.1 Å². The number of aliphatic hydroxyl groups excluding tert-OH is 2. The highest BCUT2D eigenvalue weighted by atomic mass is 35.5. The van der Waals surface area contributed by atoms with Crippen LogP contribution in [-0.4, -0.2) is 48.2 Å². The van der Waals surface area contributed by atoms with Crippen LogP contribution in [0.15, 0.2) is 36.4 Å². The van der Waals surface area contributed by atoms with Crippen molar-refractivity contribution >= 4 is 23.2 Å². The maximum Gasteiger partial charge on any atom is 0.121 e. The zero-order chi connectivity index (χ0) is 22.5. The number of hydrogen-bond donors (Lipinski definition) is 4. The maximum absolute atomic E-state index is 10.2. The fourth-order valence-electron chi connectivity index (χ4n) is 2.99. The van der Waals surface area contributed by atoms with Gasteiger partial charge in [-0.05, 0) is 55.6 Å². The Morgan fingerprint density at radius 1 is 0.935 bits per heavy atom. The van der Waals surface area contributed by atoms with E-state index in [9.17, 15) is 15.3 Å². The van der Waals surface area contributed by atoms with Gasteiger partial charge in [-0.2, -0.15) is 0 Å². The Bertz CT molecular complexity index is 770. The monoisotopic (exact) mass is 471 g/mol. The minimum atomic E-state index is -0.685. The summed E-state index contributed by atoms with van der Waals surface area (Å²) in [6, 6.07) is 10.1. The molecule has 0 fully saturated rings. The van der Waals surface area contributed by atoms with Crippen molar-refractivity contribution < 1.29 is 24.8 Å². The molecule has 0 aliphatic rings. The third kappa shape index (κ3) is 9.33. The maximum atomic E-state index is 10.2. The van der Waals surface area contributed by atoms with E-state index in [1.807, 2.05) is 0 Å². The van der Waals surface area contributed by atoms with E-state index >= 15 is 0 Å². The number of ether oxygens (including phenoxy) is 2. The molecule has 1 unspecified atom stereocenters. The lowest BCUT2D eigenvalue weighted by atomic mass is 10.1. The number of aliphatic hydroxyl groups is 2. The Morgan fingerprint density at radius 3 is 2.42 bits per heavy atom. The van der Waals surface area contributed by atoms with E-state index in [-0.39, 0.29) is 12.4 Å². The van der Waals surface area contributed by atoms with Gasteiger partial charge in [0.2, 0.25) is 0 Å². The van der Waals surface area contributed by atoms with Crippen molar-refractivity contribution in [3.05, 3.63) is 63.1 Å². The summed E-state index contributed by atoms with van der Waals surface area (Å²) in [5.41, 5.74) is 1.87. The molecule has 172 valence electrons. The molecule has 2 aromatic carbocycles. The molecule has 8 heteroatoms. The second-order valence-corrected chi connectivity index (χ2v) is 8.01. The predicted octanol–water partition coefficient (Wildman–Crippen LogP) is 4.22. The molecule has 0 aromatic heterocycles. The normalized spacial score (nSPS) is 12.3. The molecule has 6 nitrogen and oxygen atoms in total. The highest BCUT2D eigenvalue weighted by Crippen LogP contribution is 2.25. The molecule has 2 rings (SSSR count). The lowest BCUT2D eigenvalue weighted by Gasteiger charge is -2.14. The van der Waals surface area contributed by atoms with Crippen molar-refractivity contribution in [1.29, 1.82) is 0 Å². The molecule has 0 bridgehead atoms. The lowest BCUT2D eigenvalue weighted by molar-refractivity contribution is 0.0393. The fraction of sp³-hybridized carbons (Fsp3) is 0.478. The van der Waals surface area contributed by atoms with Crippen LogP contribution >= 0.6 is 23.2 Å². The van der Waals surface area contributed by atoms with Crippen molar-refractivity contribution in [2.45, 2.75) is 38.6 Å². The van der Waals surface area contributed by atoms with Crippen molar-refractivity contribution in [3.8, 4) is 5.75 Å². The summed E-state index contributed by atoms with van der Waals surface area (Å²) < 4.78 is 11.1. The molecule has 1 atom stereocenters. The van der Waals surface area contributed by atoms with Crippen LogP contribution in [0.25, 0.3) is 0 Å². The minimum Gasteiger partial charge on any atom is -0.508 e.